The van der Waals surface area contributed by atoms with Crippen LogP contribution in [0.4, 0.5) is 22.9 Å². The van der Waals surface area contributed by atoms with Crippen LogP contribution >= 0.6 is 0 Å². The number of ether oxygens (including phenoxy) is 1. The molecule has 1 atom stereocenters. The fourth-order valence-corrected chi connectivity index (χ4v) is 4.52. The van der Waals surface area contributed by atoms with Crippen molar-refractivity contribution in [3.05, 3.63) is 54.6 Å². The molecule has 0 spiro atoms. The Morgan fingerprint density at radius 2 is 1.89 bits per heavy atom. The van der Waals surface area contributed by atoms with Crippen molar-refractivity contribution >= 4 is 36.8 Å². The van der Waals surface area contributed by atoms with Gasteiger partial charge in [-0.15, -0.1) is 0 Å². The third-order valence-corrected chi connectivity index (χ3v) is 6.54. The average Bonchev–Trinajstić information content (AvgIpc) is 3.39. The molecular formula is C24H29BN8O2. The van der Waals surface area contributed by atoms with Gasteiger partial charge in [-0.05, 0) is 24.6 Å². The molecule has 5 rings (SSSR count). The lowest BCUT2D eigenvalue weighted by atomic mass is 10.1. The molecule has 2 fully saturated rings. The number of nitrogens with one attached hydrogen (secondary N) is 2. The van der Waals surface area contributed by atoms with Crippen LogP contribution in [-0.2, 0) is 4.74 Å². The van der Waals surface area contributed by atoms with E-state index in [0.29, 0.717) is 30.6 Å². The van der Waals surface area contributed by atoms with Gasteiger partial charge < -0.3 is 30.8 Å². The smallest absolute Gasteiger partial charge is 0.278 e. The van der Waals surface area contributed by atoms with E-state index >= 15 is 0 Å². The topological polar surface area (TPSA) is 122 Å². The summed E-state index contributed by atoms with van der Waals surface area (Å²) < 4.78 is 5.44. The van der Waals surface area contributed by atoms with Crippen molar-refractivity contribution in [2.45, 2.75) is 12.5 Å². The van der Waals surface area contributed by atoms with Gasteiger partial charge in [0.25, 0.3) is 5.91 Å². The molecule has 35 heavy (non-hydrogen) atoms. The number of nitrogens with two attached hydrogens (primary N) is 1. The minimum atomic E-state index is -0.425. The lowest BCUT2D eigenvalue weighted by molar-refractivity contribution is 0.102. The molecular weight excluding hydrogens is 443 g/mol. The first kappa shape index (κ1) is 23.1. The number of aromatic nitrogens is 3. The Labute approximate surface area is 205 Å². The van der Waals surface area contributed by atoms with Crippen LogP contribution in [0.5, 0.6) is 0 Å². The minimum Gasteiger partial charge on any atom is -0.382 e. The molecule has 2 aliphatic rings. The van der Waals surface area contributed by atoms with Crippen LogP contribution < -0.4 is 26.1 Å². The average molecular weight is 472 g/mol. The lowest BCUT2D eigenvalue weighted by Gasteiger charge is -2.30. The first-order valence-electron chi connectivity index (χ1n) is 11.9. The number of rotatable bonds is 6. The normalized spacial score (nSPS) is 18.0. The van der Waals surface area contributed by atoms with Gasteiger partial charge in [0.15, 0.2) is 19.5 Å². The van der Waals surface area contributed by atoms with Crippen molar-refractivity contribution in [2.75, 3.05) is 60.2 Å². The van der Waals surface area contributed by atoms with Crippen LogP contribution in [0.2, 0.25) is 0 Å². The van der Waals surface area contributed by atoms with Gasteiger partial charge in [-0.2, -0.15) is 0 Å². The fourth-order valence-electron chi connectivity index (χ4n) is 4.52. The summed E-state index contributed by atoms with van der Waals surface area (Å²) in [4.78, 5) is 30.7. The van der Waals surface area contributed by atoms with Gasteiger partial charge in [0.05, 0.1) is 42.7 Å². The summed E-state index contributed by atoms with van der Waals surface area (Å²) in [6.07, 6.45) is 6.06. The van der Waals surface area contributed by atoms with E-state index in [9.17, 15) is 4.79 Å². The predicted molar refractivity (Wildman–Crippen MR) is 139 cm³/mol. The van der Waals surface area contributed by atoms with Crippen LogP contribution in [0.3, 0.4) is 0 Å². The fraction of sp³-hybridized carbons (Fsp3) is 0.333. The second-order valence-corrected chi connectivity index (χ2v) is 8.70. The molecule has 1 amide bonds. The number of morpholine rings is 1. The Balaban J connectivity index is 1.34. The van der Waals surface area contributed by atoms with Crippen molar-refractivity contribution in [1.29, 1.82) is 0 Å². The van der Waals surface area contributed by atoms with Gasteiger partial charge in [-0.3, -0.25) is 9.78 Å². The third-order valence-electron chi connectivity index (χ3n) is 6.54. The van der Waals surface area contributed by atoms with Gasteiger partial charge in [0.2, 0.25) is 0 Å². The van der Waals surface area contributed by atoms with Crippen molar-refractivity contribution in [2.24, 2.45) is 0 Å². The van der Waals surface area contributed by atoms with Crippen molar-refractivity contribution in [3.8, 4) is 11.3 Å². The Kier molecular flexibility index (Phi) is 6.78. The van der Waals surface area contributed by atoms with E-state index in [-0.39, 0.29) is 11.5 Å². The summed E-state index contributed by atoms with van der Waals surface area (Å²) in [6.45, 7) is 4.78. The summed E-state index contributed by atoms with van der Waals surface area (Å²) in [6, 6.07) is 10.6. The maximum absolute atomic E-state index is 13.2. The van der Waals surface area contributed by atoms with E-state index in [4.69, 9.17) is 10.5 Å². The van der Waals surface area contributed by atoms with Crippen LogP contribution in [0.1, 0.15) is 16.9 Å². The Hall–Kier alpha value is -3.70. The van der Waals surface area contributed by atoms with Crippen LogP contribution in [0.25, 0.3) is 11.3 Å². The zero-order chi connectivity index (χ0) is 24.2. The predicted octanol–water partition coefficient (Wildman–Crippen LogP) is 0.926. The van der Waals surface area contributed by atoms with E-state index in [2.05, 4.69) is 47.4 Å². The zero-order valence-electron chi connectivity index (χ0n) is 19.8. The summed E-state index contributed by atoms with van der Waals surface area (Å²) in [7, 11) is 2.00. The molecule has 2 aliphatic heterocycles. The first-order valence-corrected chi connectivity index (χ1v) is 11.9. The van der Waals surface area contributed by atoms with Crippen molar-refractivity contribution in [1.82, 2.24) is 20.2 Å². The highest BCUT2D eigenvalue weighted by Gasteiger charge is 2.22. The highest BCUT2D eigenvalue weighted by molar-refractivity contribution is 6.07. The van der Waals surface area contributed by atoms with Gasteiger partial charge in [-0.25, -0.2) is 9.97 Å². The Morgan fingerprint density at radius 1 is 1.09 bits per heavy atom. The number of nitrogens with zero attached hydrogens (tertiary/aromatic N) is 5. The number of anilines is 4. The monoisotopic (exact) mass is 472 g/mol. The number of hydrogen-bond acceptors (Lipinski definition) is 9. The second-order valence-electron chi connectivity index (χ2n) is 8.70. The molecule has 0 bridgehead atoms. The highest BCUT2D eigenvalue weighted by Crippen LogP contribution is 2.28. The van der Waals surface area contributed by atoms with Crippen LogP contribution in [0, 0.1) is 0 Å². The van der Waals surface area contributed by atoms with Crippen molar-refractivity contribution < 1.29 is 9.53 Å². The largest absolute Gasteiger partial charge is 0.382 e. The van der Waals surface area contributed by atoms with Gasteiger partial charge >= 0.3 is 0 Å². The summed E-state index contributed by atoms with van der Waals surface area (Å²) in [5, 5.41) is 6.26. The van der Waals surface area contributed by atoms with Gasteiger partial charge in [0, 0.05) is 49.7 Å². The maximum atomic E-state index is 13.2. The summed E-state index contributed by atoms with van der Waals surface area (Å²) >= 11 is 0. The number of benzene rings is 1. The molecule has 0 radical (unpaired) electrons. The van der Waals surface area contributed by atoms with E-state index in [0.717, 1.165) is 43.9 Å². The molecule has 2 saturated heterocycles. The SMILES string of the molecule is BN[C@H]1CCN(c2ccc(-c3cnc(N)c(C(=O)Nc4cnccc4N4CCOCC4)n3)cc2)C1. The second kappa shape index (κ2) is 10.3. The Morgan fingerprint density at radius 3 is 2.63 bits per heavy atom. The molecule has 180 valence electrons. The molecule has 4 N–H and O–H groups in total. The molecule has 2 aromatic heterocycles. The van der Waals surface area contributed by atoms with E-state index in [1.165, 1.54) is 5.69 Å². The minimum absolute atomic E-state index is 0.0786. The number of hydrogen-bond donors (Lipinski definition) is 3. The van der Waals surface area contributed by atoms with E-state index < -0.39 is 5.91 Å². The van der Waals surface area contributed by atoms with E-state index in [1.54, 1.807) is 18.6 Å². The molecule has 4 heterocycles. The number of pyridine rings is 1. The number of carbonyl (C=O) groups is 1. The number of carbonyl (C=O) groups excluding carboxylic acids is 1. The van der Waals surface area contributed by atoms with E-state index in [1.807, 2.05) is 26.2 Å². The number of amides is 1. The zero-order valence-corrected chi connectivity index (χ0v) is 19.8. The van der Waals surface area contributed by atoms with Gasteiger partial charge in [0.1, 0.15) is 0 Å². The quantitative estimate of drug-likeness (QED) is 0.450. The maximum Gasteiger partial charge on any atom is 0.278 e. The van der Waals surface area contributed by atoms with Crippen molar-refractivity contribution in [3.63, 3.8) is 0 Å². The van der Waals surface area contributed by atoms with Crippen LogP contribution in [0.15, 0.2) is 48.9 Å². The lowest BCUT2D eigenvalue weighted by Crippen LogP contribution is -2.36. The van der Waals surface area contributed by atoms with Gasteiger partial charge in [-0.1, -0.05) is 12.1 Å². The molecule has 0 unspecified atom stereocenters. The van der Waals surface area contributed by atoms with Crippen LogP contribution in [-0.4, -0.2) is 74.3 Å². The number of nitrogen functional groups attached to an aromatic ring is 1. The molecule has 0 saturated carbocycles. The molecule has 3 aromatic rings. The summed E-state index contributed by atoms with van der Waals surface area (Å²) in [5.74, 6) is -0.346. The third kappa shape index (κ3) is 5.05. The first-order chi connectivity index (χ1) is 17.1. The highest BCUT2D eigenvalue weighted by atomic mass is 16.5. The molecule has 10 nitrogen and oxygen atoms in total. The summed E-state index contributed by atoms with van der Waals surface area (Å²) in [5.41, 5.74) is 10.2. The molecule has 0 aliphatic carbocycles. The molecule has 11 heteroatoms. The molecule has 1 aromatic carbocycles. The standard InChI is InChI=1S/C24H29BN8O2/c25-31-17-6-8-33(15-17)18-3-1-16(2-4-18)19-14-28-23(26)22(29-19)24(34)30-20-13-27-7-5-21(20)32-9-11-35-12-10-32/h1-5,7,13-14,17,31H,6,8-12,15,25H2,(H2,26,28)(H,30,34)/t17-/m0/s1. The Bertz CT molecular complexity index is 1190.